The van der Waals surface area contributed by atoms with E-state index in [1.165, 1.54) is 21.7 Å². The first kappa shape index (κ1) is 24.7. The Hall–Kier alpha value is -2.94. The number of anilines is 1. The number of amides is 2. The van der Waals surface area contributed by atoms with E-state index < -0.39 is 12.3 Å². The normalized spacial score (nSPS) is 22.5. The van der Waals surface area contributed by atoms with Crippen LogP contribution < -0.4 is 4.90 Å². The summed E-state index contributed by atoms with van der Waals surface area (Å²) in [4.78, 5) is 32.2. The van der Waals surface area contributed by atoms with Gasteiger partial charge in [0, 0.05) is 49.7 Å². The van der Waals surface area contributed by atoms with Gasteiger partial charge in [0.25, 0.3) is 5.91 Å². The second-order valence-corrected chi connectivity index (χ2v) is 10.3. The average Bonchev–Trinajstić information content (AvgIpc) is 3.25. The standard InChI is InChI=1S/C27H36FN5O3/c1-18-6-5-9-22(19(18)2)30-12-14-31(15-13-30)25(35)17-33-23-8-4-3-7-20(23)26(29-33)27(36)32-11-10-24(34)21(28)16-32/h5-6,9,21,24,34H,3-4,7-8,10-17H2,1-2H3/t21-,24+/m1/s1. The second-order valence-electron chi connectivity index (χ2n) is 10.3. The molecular formula is C27H36FN5O3. The van der Waals surface area contributed by atoms with Crippen LogP contribution in [0.25, 0.3) is 0 Å². The van der Waals surface area contributed by atoms with Crippen molar-refractivity contribution in [3.8, 4) is 0 Å². The molecule has 2 aromatic rings. The molecule has 1 aliphatic carbocycles. The number of likely N-dealkylation sites (tertiary alicyclic amines) is 1. The van der Waals surface area contributed by atoms with E-state index >= 15 is 0 Å². The number of aliphatic hydroxyl groups excluding tert-OH is 1. The fraction of sp³-hybridized carbons (Fsp3) is 0.593. The van der Waals surface area contributed by atoms with E-state index in [-0.39, 0.29) is 31.3 Å². The van der Waals surface area contributed by atoms with Crippen LogP contribution in [-0.4, -0.2) is 88.0 Å². The lowest BCUT2D eigenvalue weighted by molar-refractivity contribution is -0.132. The van der Waals surface area contributed by atoms with Gasteiger partial charge in [-0.25, -0.2) is 4.39 Å². The van der Waals surface area contributed by atoms with Crippen molar-refractivity contribution in [2.75, 3.05) is 44.2 Å². The number of aromatic nitrogens is 2. The highest BCUT2D eigenvalue weighted by atomic mass is 19.1. The van der Waals surface area contributed by atoms with Crippen LogP contribution in [0.3, 0.4) is 0 Å². The third-order valence-corrected chi connectivity index (χ3v) is 8.09. The molecule has 2 atom stereocenters. The molecule has 0 saturated carbocycles. The first-order valence-electron chi connectivity index (χ1n) is 13.1. The van der Waals surface area contributed by atoms with E-state index in [9.17, 15) is 19.1 Å². The molecule has 0 spiro atoms. The molecular weight excluding hydrogens is 461 g/mol. The third kappa shape index (κ3) is 4.73. The largest absolute Gasteiger partial charge is 0.390 e. The van der Waals surface area contributed by atoms with Gasteiger partial charge in [-0.15, -0.1) is 0 Å². The Morgan fingerprint density at radius 3 is 2.56 bits per heavy atom. The van der Waals surface area contributed by atoms with Gasteiger partial charge in [0.1, 0.15) is 12.7 Å². The van der Waals surface area contributed by atoms with Crippen LogP contribution in [0.5, 0.6) is 0 Å². The van der Waals surface area contributed by atoms with Crippen molar-refractivity contribution in [3.63, 3.8) is 0 Å². The first-order chi connectivity index (χ1) is 17.3. The van der Waals surface area contributed by atoms with Crippen molar-refractivity contribution >= 4 is 17.5 Å². The SMILES string of the molecule is Cc1cccc(N2CCN(C(=O)Cn3nc(C(=O)N4CC[C@H](O)[C@H](F)C4)c4c3CCCC4)CC2)c1C. The summed E-state index contributed by atoms with van der Waals surface area (Å²) in [6, 6.07) is 6.34. The zero-order valence-corrected chi connectivity index (χ0v) is 21.2. The molecule has 3 heterocycles. The zero-order valence-electron chi connectivity index (χ0n) is 21.2. The number of nitrogens with zero attached hydrogens (tertiary/aromatic N) is 5. The van der Waals surface area contributed by atoms with E-state index in [2.05, 4.69) is 42.0 Å². The third-order valence-electron chi connectivity index (χ3n) is 8.09. The fourth-order valence-corrected chi connectivity index (χ4v) is 5.70. The number of piperazine rings is 1. The Bertz CT molecular complexity index is 1140. The molecule has 194 valence electrons. The number of aryl methyl sites for hydroxylation is 1. The predicted molar refractivity (Wildman–Crippen MR) is 135 cm³/mol. The highest BCUT2D eigenvalue weighted by Crippen LogP contribution is 2.28. The van der Waals surface area contributed by atoms with Gasteiger partial charge >= 0.3 is 0 Å². The molecule has 8 nitrogen and oxygen atoms in total. The van der Waals surface area contributed by atoms with Crippen molar-refractivity contribution in [1.29, 1.82) is 0 Å². The average molecular weight is 498 g/mol. The molecule has 0 bridgehead atoms. The minimum absolute atomic E-state index is 0.00963. The van der Waals surface area contributed by atoms with E-state index in [4.69, 9.17) is 0 Å². The van der Waals surface area contributed by atoms with Crippen LogP contribution in [0.2, 0.25) is 0 Å². The molecule has 2 aliphatic heterocycles. The van der Waals surface area contributed by atoms with Gasteiger partial charge in [-0.2, -0.15) is 5.10 Å². The number of hydrogen-bond acceptors (Lipinski definition) is 5. The monoisotopic (exact) mass is 497 g/mol. The minimum atomic E-state index is -1.44. The van der Waals surface area contributed by atoms with Gasteiger partial charge in [-0.3, -0.25) is 14.3 Å². The molecule has 2 amide bonds. The van der Waals surface area contributed by atoms with Crippen molar-refractivity contribution in [2.45, 2.75) is 64.8 Å². The molecule has 2 saturated heterocycles. The van der Waals surface area contributed by atoms with Gasteiger partial charge in [-0.05, 0) is 63.1 Å². The van der Waals surface area contributed by atoms with Crippen LogP contribution in [-0.2, 0) is 24.2 Å². The van der Waals surface area contributed by atoms with Crippen LogP contribution >= 0.6 is 0 Å². The molecule has 1 N–H and O–H groups in total. The van der Waals surface area contributed by atoms with E-state index in [1.54, 1.807) is 4.68 Å². The van der Waals surface area contributed by atoms with Crippen LogP contribution in [0, 0.1) is 13.8 Å². The van der Waals surface area contributed by atoms with Crippen molar-refractivity contribution in [2.24, 2.45) is 0 Å². The van der Waals surface area contributed by atoms with Gasteiger partial charge in [0.2, 0.25) is 5.91 Å². The summed E-state index contributed by atoms with van der Waals surface area (Å²) in [6.45, 7) is 7.42. The minimum Gasteiger partial charge on any atom is -0.390 e. The van der Waals surface area contributed by atoms with Crippen molar-refractivity contribution < 1.29 is 19.1 Å². The summed E-state index contributed by atoms with van der Waals surface area (Å²) in [5.74, 6) is -0.286. The number of rotatable bonds is 4. The first-order valence-corrected chi connectivity index (χ1v) is 13.1. The van der Waals surface area contributed by atoms with Crippen molar-refractivity contribution in [1.82, 2.24) is 19.6 Å². The molecule has 3 aliphatic rings. The molecule has 5 rings (SSSR count). The van der Waals surface area contributed by atoms with E-state index in [1.807, 2.05) is 4.90 Å². The summed E-state index contributed by atoms with van der Waals surface area (Å²) in [7, 11) is 0. The summed E-state index contributed by atoms with van der Waals surface area (Å²) in [5, 5.41) is 14.3. The second kappa shape index (κ2) is 10.2. The summed E-state index contributed by atoms with van der Waals surface area (Å²) < 4.78 is 15.8. The molecule has 1 aromatic heterocycles. The number of carbonyl (C=O) groups is 2. The Morgan fingerprint density at radius 2 is 1.81 bits per heavy atom. The van der Waals surface area contributed by atoms with Gasteiger partial charge in [0.15, 0.2) is 5.69 Å². The zero-order chi connectivity index (χ0) is 25.4. The number of aliphatic hydroxyl groups is 1. The summed E-state index contributed by atoms with van der Waals surface area (Å²) >= 11 is 0. The number of halogens is 1. The maximum Gasteiger partial charge on any atom is 0.274 e. The Balaban J connectivity index is 1.27. The maximum atomic E-state index is 14.1. The highest BCUT2D eigenvalue weighted by Gasteiger charge is 2.34. The summed E-state index contributed by atoms with van der Waals surface area (Å²) in [6.07, 6.45) is 1.26. The molecule has 0 radical (unpaired) electrons. The van der Waals surface area contributed by atoms with Gasteiger partial charge in [-0.1, -0.05) is 12.1 Å². The molecule has 1 aromatic carbocycles. The van der Waals surface area contributed by atoms with Gasteiger partial charge in [0.05, 0.1) is 12.6 Å². The predicted octanol–water partition coefficient (Wildman–Crippen LogP) is 2.27. The number of carbonyl (C=O) groups excluding carboxylic acids is 2. The van der Waals surface area contributed by atoms with Crippen LogP contribution in [0.15, 0.2) is 18.2 Å². The lowest BCUT2D eigenvalue weighted by Gasteiger charge is -2.37. The number of piperidine rings is 1. The molecule has 0 unspecified atom stereocenters. The summed E-state index contributed by atoms with van der Waals surface area (Å²) in [5.41, 5.74) is 5.98. The van der Waals surface area contributed by atoms with Gasteiger partial charge < -0.3 is 19.8 Å². The number of alkyl halides is 1. The lowest BCUT2D eigenvalue weighted by atomic mass is 9.95. The Morgan fingerprint density at radius 1 is 1.06 bits per heavy atom. The Labute approximate surface area is 211 Å². The number of hydrogen-bond donors (Lipinski definition) is 1. The number of benzene rings is 1. The lowest BCUT2D eigenvalue weighted by Crippen LogP contribution is -2.50. The van der Waals surface area contributed by atoms with Crippen LogP contribution in [0.4, 0.5) is 10.1 Å². The fourth-order valence-electron chi connectivity index (χ4n) is 5.70. The quantitative estimate of drug-likeness (QED) is 0.701. The smallest absolute Gasteiger partial charge is 0.274 e. The topological polar surface area (TPSA) is 81.9 Å². The Kier molecular flexibility index (Phi) is 7.01. The van der Waals surface area contributed by atoms with E-state index in [0.717, 1.165) is 50.0 Å². The molecule has 9 heteroatoms. The van der Waals surface area contributed by atoms with Crippen molar-refractivity contribution in [3.05, 3.63) is 46.3 Å². The molecule has 2 fully saturated rings. The molecule has 36 heavy (non-hydrogen) atoms. The van der Waals surface area contributed by atoms with E-state index in [0.29, 0.717) is 25.3 Å². The number of fused-ring (bicyclic) bond motifs is 1. The maximum absolute atomic E-state index is 14.1. The van der Waals surface area contributed by atoms with Crippen LogP contribution in [0.1, 0.15) is 52.1 Å². The highest BCUT2D eigenvalue weighted by molar-refractivity contribution is 5.94.